The summed E-state index contributed by atoms with van der Waals surface area (Å²) in [5, 5.41) is 3.16. The van der Waals surface area contributed by atoms with Gasteiger partial charge in [0.1, 0.15) is 0 Å². The zero-order valence-corrected chi connectivity index (χ0v) is 13.2. The average Bonchev–Trinajstić information content (AvgIpc) is 3.01. The van der Waals surface area contributed by atoms with Crippen LogP contribution < -0.4 is 10.0 Å². The van der Waals surface area contributed by atoms with Crippen molar-refractivity contribution in [2.75, 3.05) is 26.7 Å². The Kier molecular flexibility index (Phi) is 4.36. The monoisotopic (exact) mass is 301 g/mol. The van der Waals surface area contributed by atoms with Crippen LogP contribution in [0, 0.1) is 17.8 Å². The molecule has 0 radical (unpaired) electrons. The third kappa shape index (κ3) is 3.03. The molecule has 5 nitrogen and oxygen atoms in total. The van der Waals surface area contributed by atoms with Gasteiger partial charge in [-0.1, -0.05) is 6.42 Å². The maximum Gasteiger partial charge on any atom is 0.279 e. The number of nitrogens with one attached hydrogen (secondary N) is 2. The molecule has 6 heteroatoms. The molecule has 2 aliphatic carbocycles. The van der Waals surface area contributed by atoms with Crippen molar-refractivity contribution in [2.45, 2.75) is 44.6 Å². The third-order valence-electron chi connectivity index (χ3n) is 5.35. The van der Waals surface area contributed by atoms with E-state index in [0.717, 1.165) is 31.7 Å². The van der Waals surface area contributed by atoms with Crippen molar-refractivity contribution in [1.29, 1.82) is 0 Å². The molecule has 20 heavy (non-hydrogen) atoms. The van der Waals surface area contributed by atoms with Gasteiger partial charge < -0.3 is 5.32 Å². The fraction of sp³-hybridized carbons (Fsp3) is 1.00. The maximum absolute atomic E-state index is 12.6. The Hall–Kier alpha value is -0.170. The van der Waals surface area contributed by atoms with Crippen LogP contribution >= 0.6 is 0 Å². The van der Waals surface area contributed by atoms with E-state index in [4.69, 9.17) is 0 Å². The van der Waals surface area contributed by atoms with Gasteiger partial charge >= 0.3 is 0 Å². The Morgan fingerprint density at radius 1 is 1.20 bits per heavy atom. The van der Waals surface area contributed by atoms with Crippen LogP contribution in [0.15, 0.2) is 0 Å². The second-order valence-electron chi connectivity index (χ2n) is 6.83. The van der Waals surface area contributed by atoms with Crippen molar-refractivity contribution in [3.05, 3.63) is 0 Å². The highest BCUT2D eigenvalue weighted by molar-refractivity contribution is 7.87. The molecule has 3 aliphatic rings. The van der Waals surface area contributed by atoms with Gasteiger partial charge in [-0.15, -0.1) is 0 Å². The average molecular weight is 301 g/mol. The predicted octanol–water partition coefficient (Wildman–Crippen LogP) is 0.941. The fourth-order valence-electron chi connectivity index (χ4n) is 4.36. The van der Waals surface area contributed by atoms with Gasteiger partial charge in [-0.05, 0) is 63.5 Å². The Morgan fingerprint density at radius 3 is 2.70 bits per heavy atom. The number of hydrogen-bond acceptors (Lipinski definition) is 3. The standard InChI is InChI=1S/C14H27N3O2S/c1-15-9-12-3-2-6-17(10-12)20(18,19)16-14-8-11-4-5-13(14)7-11/h11-16H,2-10H2,1H3. The smallest absolute Gasteiger partial charge is 0.279 e. The van der Waals surface area contributed by atoms with E-state index in [9.17, 15) is 8.42 Å². The number of nitrogens with zero attached hydrogens (tertiary/aromatic N) is 1. The van der Waals surface area contributed by atoms with Crippen molar-refractivity contribution < 1.29 is 8.42 Å². The quantitative estimate of drug-likeness (QED) is 0.794. The lowest BCUT2D eigenvalue weighted by Crippen LogP contribution is -2.51. The lowest BCUT2D eigenvalue weighted by atomic mass is 9.96. The number of hydrogen-bond donors (Lipinski definition) is 2. The van der Waals surface area contributed by atoms with Crippen LogP contribution in [0.2, 0.25) is 0 Å². The Bertz CT molecular complexity index is 438. The molecule has 0 aromatic rings. The molecule has 1 saturated heterocycles. The Labute approximate surface area is 122 Å². The van der Waals surface area contributed by atoms with Gasteiger partial charge in [-0.3, -0.25) is 0 Å². The van der Waals surface area contributed by atoms with Crippen molar-refractivity contribution in [1.82, 2.24) is 14.3 Å². The molecule has 2 saturated carbocycles. The summed E-state index contributed by atoms with van der Waals surface area (Å²) in [6, 6.07) is 0.198. The van der Waals surface area contributed by atoms with Crippen LogP contribution in [-0.4, -0.2) is 45.4 Å². The minimum absolute atomic E-state index is 0.198. The summed E-state index contributed by atoms with van der Waals surface area (Å²) in [6.45, 7) is 2.24. The van der Waals surface area contributed by atoms with Gasteiger partial charge in [0, 0.05) is 19.1 Å². The molecule has 3 rings (SSSR count). The Morgan fingerprint density at radius 2 is 2.05 bits per heavy atom. The molecule has 4 unspecified atom stereocenters. The molecule has 2 N–H and O–H groups in total. The van der Waals surface area contributed by atoms with E-state index in [1.165, 1.54) is 19.3 Å². The summed E-state index contributed by atoms with van der Waals surface area (Å²) in [5.74, 6) is 1.81. The normalized spacial score (nSPS) is 38.5. The summed E-state index contributed by atoms with van der Waals surface area (Å²) in [7, 11) is -1.35. The lowest BCUT2D eigenvalue weighted by molar-refractivity contribution is 0.257. The minimum atomic E-state index is -3.28. The summed E-state index contributed by atoms with van der Waals surface area (Å²) in [4.78, 5) is 0. The maximum atomic E-state index is 12.6. The highest BCUT2D eigenvalue weighted by Gasteiger charge is 2.42. The third-order valence-corrected chi connectivity index (χ3v) is 6.96. The molecule has 116 valence electrons. The molecule has 4 atom stereocenters. The van der Waals surface area contributed by atoms with Crippen molar-refractivity contribution >= 4 is 10.2 Å². The first kappa shape index (κ1) is 14.8. The molecule has 3 fully saturated rings. The van der Waals surface area contributed by atoms with Crippen molar-refractivity contribution in [2.24, 2.45) is 17.8 Å². The minimum Gasteiger partial charge on any atom is -0.319 e. The zero-order chi connectivity index (χ0) is 14.2. The van der Waals surface area contributed by atoms with Gasteiger partial charge in [-0.2, -0.15) is 17.4 Å². The molecule has 1 aliphatic heterocycles. The topological polar surface area (TPSA) is 61.4 Å². The first-order valence-corrected chi connectivity index (χ1v) is 9.44. The van der Waals surface area contributed by atoms with Gasteiger partial charge in [-0.25, -0.2) is 0 Å². The van der Waals surface area contributed by atoms with Crippen LogP contribution in [0.1, 0.15) is 38.5 Å². The summed E-state index contributed by atoms with van der Waals surface area (Å²) in [5.41, 5.74) is 0. The van der Waals surface area contributed by atoms with Gasteiger partial charge in [0.05, 0.1) is 0 Å². The summed E-state index contributed by atoms with van der Waals surface area (Å²) < 4.78 is 29.8. The molecule has 0 spiro atoms. The van der Waals surface area contributed by atoms with E-state index in [2.05, 4.69) is 10.0 Å². The van der Waals surface area contributed by atoms with Gasteiger partial charge in [0.25, 0.3) is 10.2 Å². The largest absolute Gasteiger partial charge is 0.319 e. The molecular weight excluding hydrogens is 274 g/mol. The summed E-state index contributed by atoms with van der Waals surface area (Å²) >= 11 is 0. The molecular formula is C14H27N3O2S. The van der Waals surface area contributed by atoms with E-state index >= 15 is 0 Å². The van der Waals surface area contributed by atoms with Gasteiger partial charge in [0.15, 0.2) is 0 Å². The molecule has 0 aromatic carbocycles. The summed E-state index contributed by atoms with van der Waals surface area (Å²) in [6.07, 6.45) is 6.90. The molecule has 1 heterocycles. The van der Waals surface area contributed by atoms with Crippen LogP contribution in [-0.2, 0) is 10.2 Å². The van der Waals surface area contributed by atoms with Crippen molar-refractivity contribution in [3.63, 3.8) is 0 Å². The highest BCUT2D eigenvalue weighted by atomic mass is 32.2. The molecule has 0 aromatic heterocycles. The number of rotatable bonds is 5. The van der Waals surface area contributed by atoms with E-state index in [-0.39, 0.29) is 6.04 Å². The predicted molar refractivity (Wildman–Crippen MR) is 79.5 cm³/mol. The fourth-order valence-corrected chi connectivity index (χ4v) is 5.95. The van der Waals surface area contributed by atoms with E-state index in [0.29, 0.717) is 24.9 Å². The lowest BCUT2D eigenvalue weighted by Gasteiger charge is -2.33. The van der Waals surface area contributed by atoms with Crippen LogP contribution in [0.4, 0.5) is 0 Å². The van der Waals surface area contributed by atoms with E-state index < -0.39 is 10.2 Å². The Balaban J connectivity index is 1.60. The first-order chi connectivity index (χ1) is 9.58. The second kappa shape index (κ2) is 5.91. The van der Waals surface area contributed by atoms with Gasteiger partial charge in [0.2, 0.25) is 0 Å². The molecule has 2 bridgehead atoms. The van der Waals surface area contributed by atoms with Crippen LogP contribution in [0.25, 0.3) is 0 Å². The number of piperidine rings is 1. The highest BCUT2D eigenvalue weighted by Crippen LogP contribution is 2.44. The SMILES string of the molecule is CNCC1CCCN(S(=O)(=O)NC2CC3CCC2C3)C1. The van der Waals surface area contributed by atoms with E-state index in [1.807, 2.05) is 7.05 Å². The van der Waals surface area contributed by atoms with Crippen molar-refractivity contribution in [3.8, 4) is 0 Å². The molecule has 0 amide bonds. The second-order valence-corrected chi connectivity index (χ2v) is 8.53. The van der Waals surface area contributed by atoms with Crippen LogP contribution in [0.5, 0.6) is 0 Å². The zero-order valence-electron chi connectivity index (χ0n) is 12.3. The number of fused-ring (bicyclic) bond motifs is 2. The first-order valence-electron chi connectivity index (χ1n) is 8.00. The van der Waals surface area contributed by atoms with Crippen LogP contribution in [0.3, 0.4) is 0 Å². The van der Waals surface area contributed by atoms with E-state index in [1.54, 1.807) is 4.31 Å².